The normalized spacial score (nSPS) is 10.6. The van der Waals surface area contributed by atoms with Gasteiger partial charge >= 0.3 is 0 Å². The number of carbonyl (C=O) groups is 1. The molecule has 0 fully saturated rings. The van der Waals surface area contributed by atoms with Crippen molar-refractivity contribution >= 4 is 54.4 Å². The number of amides is 1. The third kappa shape index (κ3) is 2.99. The van der Waals surface area contributed by atoms with Crippen LogP contribution in [0.25, 0.3) is 10.9 Å². The second-order valence-electron chi connectivity index (χ2n) is 4.45. The number of hydrogen-bond acceptors (Lipinski definition) is 2. The average molecular weight is 406 g/mol. The molecule has 0 unspecified atom stereocenters. The van der Waals surface area contributed by atoms with Gasteiger partial charge in [-0.2, -0.15) is 0 Å². The van der Waals surface area contributed by atoms with Crippen molar-refractivity contribution < 1.29 is 4.79 Å². The van der Waals surface area contributed by atoms with Gasteiger partial charge in [-0.1, -0.05) is 22.0 Å². The molecule has 3 nitrogen and oxygen atoms in total. The van der Waals surface area contributed by atoms with Gasteiger partial charge in [-0.25, -0.2) is 0 Å². The molecule has 5 heteroatoms. The SMILES string of the molecule is O=C(Nc1cccc2ncccc12)c1cc(Br)ccc1Br. The second-order valence-corrected chi connectivity index (χ2v) is 6.22. The lowest BCUT2D eigenvalue weighted by Gasteiger charge is -2.09. The van der Waals surface area contributed by atoms with E-state index in [1.807, 2.05) is 42.5 Å². The van der Waals surface area contributed by atoms with Crippen LogP contribution in [0.4, 0.5) is 5.69 Å². The van der Waals surface area contributed by atoms with E-state index in [1.165, 1.54) is 0 Å². The molecule has 1 N–H and O–H groups in total. The molecular weight excluding hydrogens is 396 g/mol. The number of aromatic nitrogens is 1. The topological polar surface area (TPSA) is 42.0 Å². The lowest BCUT2D eigenvalue weighted by molar-refractivity contribution is 0.102. The first-order chi connectivity index (χ1) is 10.1. The van der Waals surface area contributed by atoms with Gasteiger partial charge in [0.15, 0.2) is 0 Å². The maximum Gasteiger partial charge on any atom is 0.256 e. The Kier molecular flexibility index (Phi) is 4.03. The summed E-state index contributed by atoms with van der Waals surface area (Å²) in [5, 5.41) is 3.86. The van der Waals surface area contributed by atoms with E-state index in [4.69, 9.17) is 0 Å². The minimum absolute atomic E-state index is 0.167. The maximum absolute atomic E-state index is 12.4. The Labute approximate surface area is 138 Å². The van der Waals surface area contributed by atoms with Crippen LogP contribution in [0, 0.1) is 0 Å². The number of benzene rings is 2. The monoisotopic (exact) mass is 404 g/mol. The van der Waals surface area contributed by atoms with Gasteiger partial charge in [0, 0.05) is 20.5 Å². The van der Waals surface area contributed by atoms with Crippen molar-refractivity contribution in [1.29, 1.82) is 0 Å². The van der Waals surface area contributed by atoms with Crippen molar-refractivity contribution in [2.45, 2.75) is 0 Å². The van der Waals surface area contributed by atoms with Crippen LogP contribution in [0.1, 0.15) is 10.4 Å². The number of pyridine rings is 1. The fraction of sp³-hybridized carbons (Fsp3) is 0. The summed E-state index contributed by atoms with van der Waals surface area (Å²) in [5.74, 6) is -0.167. The van der Waals surface area contributed by atoms with E-state index in [-0.39, 0.29) is 5.91 Å². The molecule has 0 saturated carbocycles. The van der Waals surface area contributed by atoms with E-state index in [2.05, 4.69) is 42.2 Å². The van der Waals surface area contributed by atoms with Gasteiger partial charge in [0.25, 0.3) is 5.91 Å². The van der Waals surface area contributed by atoms with Gasteiger partial charge in [0.05, 0.1) is 16.8 Å². The highest BCUT2D eigenvalue weighted by molar-refractivity contribution is 9.11. The van der Waals surface area contributed by atoms with Crippen LogP contribution in [0.15, 0.2) is 63.7 Å². The van der Waals surface area contributed by atoms with Gasteiger partial charge < -0.3 is 5.32 Å². The van der Waals surface area contributed by atoms with E-state index in [0.717, 1.165) is 25.5 Å². The maximum atomic E-state index is 12.4. The van der Waals surface area contributed by atoms with Crippen LogP contribution in [0.5, 0.6) is 0 Å². The number of carbonyl (C=O) groups excluding carboxylic acids is 1. The summed E-state index contributed by atoms with van der Waals surface area (Å²) in [6.07, 6.45) is 1.73. The molecule has 3 aromatic rings. The zero-order valence-corrected chi connectivity index (χ0v) is 14.0. The quantitative estimate of drug-likeness (QED) is 0.650. The molecule has 0 bridgehead atoms. The molecule has 104 valence electrons. The zero-order chi connectivity index (χ0) is 14.8. The molecule has 21 heavy (non-hydrogen) atoms. The summed E-state index contributed by atoms with van der Waals surface area (Å²) >= 11 is 6.78. The number of nitrogens with one attached hydrogen (secondary N) is 1. The highest BCUT2D eigenvalue weighted by atomic mass is 79.9. The van der Waals surface area contributed by atoms with Crippen LogP contribution in [-0.4, -0.2) is 10.9 Å². The van der Waals surface area contributed by atoms with Crippen LogP contribution in [0.3, 0.4) is 0 Å². The van der Waals surface area contributed by atoms with Gasteiger partial charge in [0.1, 0.15) is 0 Å². The Morgan fingerprint density at radius 2 is 1.90 bits per heavy atom. The minimum Gasteiger partial charge on any atom is -0.321 e. The molecule has 0 aliphatic heterocycles. The number of rotatable bonds is 2. The van der Waals surface area contributed by atoms with Crippen molar-refractivity contribution in [3.8, 4) is 0 Å². The number of anilines is 1. The lowest BCUT2D eigenvalue weighted by atomic mass is 10.1. The molecule has 1 aromatic heterocycles. The van der Waals surface area contributed by atoms with Crippen LogP contribution >= 0.6 is 31.9 Å². The number of fused-ring (bicyclic) bond motifs is 1. The molecule has 3 rings (SSSR count). The van der Waals surface area contributed by atoms with E-state index >= 15 is 0 Å². The van der Waals surface area contributed by atoms with Crippen molar-refractivity contribution in [3.63, 3.8) is 0 Å². The van der Waals surface area contributed by atoms with Gasteiger partial charge in [0.2, 0.25) is 0 Å². The standard InChI is InChI=1S/C16H10Br2N2O/c17-10-6-7-13(18)12(9-10)16(21)20-15-5-1-4-14-11(15)3-2-8-19-14/h1-9H,(H,20,21). The molecule has 0 atom stereocenters. The average Bonchev–Trinajstić information content (AvgIpc) is 2.50. The predicted molar refractivity (Wildman–Crippen MR) is 91.5 cm³/mol. The summed E-state index contributed by atoms with van der Waals surface area (Å²) in [7, 11) is 0. The smallest absolute Gasteiger partial charge is 0.256 e. The molecule has 0 saturated heterocycles. The molecule has 0 aliphatic rings. The first-order valence-corrected chi connectivity index (χ1v) is 7.84. The highest BCUT2D eigenvalue weighted by Crippen LogP contribution is 2.25. The van der Waals surface area contributed by atoms with E-state index in [0.29, 0.717) is 5.56 Å². The lowest BCUT2D eigenvalue weighted by Crippen LogP contribution is -2.13. The Balaban J connectivity index is 1.99. The van der Waals surface area contributed by atoms with Crippen LogP contribution in [0.2, 0.25) is 0 Å². The predicted octanol–water partition coefficient (Wildman–Crippen LogP) is 5.01. The largest absolute Gasteiger partial charge is 0.321 e. The number of halogens is 2. The Morgan fingerprint density at radius 1 is 1.05 bits per heavy atom. The van der Waals surface area contributed by atoms with Crippen LogP contribution < -0.4 is 5.32 Å². The fourth-order valence-corrected chi connectivity index (χ4v) is 2.86. The molecule has 2 aromatic carbocycles. The summed E-state index contributed by atoms with van der Waals surface area (Å²) in [5.41, 5.74) is 2.17. The summed E-state index contributed by atoms with van der Waals surface area (Å²) < 4.78 is 1.61. The third-order valence-electron chi connectivity index (χ3n) is 3.07. The van der Waals surface area contributed by atoms with Crippen molar-refractivity contribution in [2.24, 2.45) is 0 Å². The molecule has 0 spiro atoms. The summed E-state index contributed by atoms with van der Waals surface area (Å²) in [6, 6.07) is 14.9. The third-order valence-corrected chi connectivity index (χ3v) is 4.25. The first kappa shape index (κ1) is 14.2. The van der Waals surface area contributed by atoms with Gasteiger partial charge in [-0.3, -0.25) is 9.78 Å². The Morgan fingerprint density at radius 3 is 2.76 bits per heavy atom. The Hall–Kier alpha value is -1.72. The van der Waals surface area contributed by atoms with Gasteiger partial charge in [-0.15, -0.1) is 0 Å². The molecule has 1 heterocycles. The Bertz CT molecular complexity index is 828. The van der Waals surface area contributed by atoms with E-state index in [9.17, 15) is 4.79 Å². The van der Waals surface area contributed by atoms with E-state index < -0.39 is 0 Å². The fourth-order valence-electron chi connectivity index (χ4n) is 2.07. The van der Waals surface area contributed by atoms with Crippen molar-refractivity contribution in [3.05, 3.63) is 69.2 Å². The van der Waals surface area contributed by atoms with Crippen molar-refractivity contribution in [2.75, 3.05) is 5.32 Å². The molecule has 0 radical (unpaired) electrons. The molecular formula is C16H10Br2N2O. The van der Waals surface area contributed by atoms with Gasteiger partial charge in [-0.05, 0) is 58.4 Å². The van der Waals surface area contributed by atoms with E-state index in [1.54, 1.807) is 12.3 Å². The zero-order valence-electron chi connectivity index (χ0n) is 10.8. The molecule has 0 aliphatic carbocycles. The number of nitrogens with zero attached hydrogens (tertiary/aromatic N) is 1. The minimum atomic E-state index is -0.167. The molecule has 1 amide bonds. The van der Waals surface area contributed by atoms with Crippen molar-refractivity contribution in [1.82, 2.24) is 4.98 Å². The summed E-state index contributed by atoms with van der Waals surface area (Å²) in [4.78, 5) is 16.7. The summed E-state index contributed by atoms with van der Waals surface area (Å²) in [6.45, 7) is 0. The second kappa shape index (κ2) is 5.95. The van der Waals surface area contributed by atoms with Crippen LogP contribution in [-0.2, 0) is 0 Å². The first-order valence-electron chi connectivity index (χ1n) is 6.25. The highest BCUT2D eigenvalue weighted by Gasteiger charge is 2.12. The number of hydrogen-bond donors (Lipinski definition) is 1.